The Labute approximate surface area is 76.6 Å². The van der Waals surface area contributed by atoms with E-state index in [1.165, 1.54) is 0 Å². The first-order valence-corrected chi connectivity index (χ1v) is 4.47. The molecular formula is C11H20N. The molecule has 0 aliphatic carbocycles. The fourth-order valence-electron chi connectivity index (χ4n) is 1.06. The topological polar surface area (TPSA) is 14.1 Å². The predicted octanol–water partition coefficient (Wildman–Crippen LogP) is 2.77. The van der Waals surface area contributed by atoms with Gasteiger partial charge in [0.05, 0.1) is 0 Å². The molecule has 0 fully saturated rings. The van der Waals surface area contributed by atoms with Crippen LogP contribution in [-0.4, -0.2) is 13.1 Å². The summed E-state index contributed by atoms with van der Waals surface area (Å²) in [5.74, 6) is 0. The maximum absolute atomic E-state index is 4.30. The van der Waals surface area contributed by atoms with Crippen molar-refractivity contribution in [2.75, 3.05) is 13.1 Å². The van der Waals surface area contributed by atoms with Crippen molar-refractivity contribution in [1.82, 2.24) is 5.32 Å². The van der Waals surface area contributed by atoms with Gasteiger partial charge in [-0.25, -0.2) is 5.32 Å². The second kappa shape index (κ2) is 6.01. The summed E-state index contributed by atoms with van der Waals surface area (Å²) in [7, 11) is 0. The number of hydrogen-bond donors (Lipinski definition) is 0. The highest BCUT2D eigenvalue weighted by Crippen LogP contribution is 2.24. The third-order valence-electron chi connectivity index (χ3n) is 1.90. The third kappa shape index (κ3) is 6.17. The average Bonchev–Trinajstić information content (AvgIpc) is 1.98. The van der Waals surface area contributed by atoms with Crippen LogP contribution in [0.15, 0.2) is 25.3 Å². The fourth-order valence-corrected chi connectivity index (χ4v) is 1.06. The highest BCUT2D eigenvalue weighted by atomic mass is 14.8. The lowest BCUT2D eigenvalue weighted by molar-refractivity contribution is 0.333. The molecule has 0 rings (SSSR count). The van der Waals surface area contributed by atoms with Gasteiger partial charge in [0.15, 0.2) is 0 Å². The van der Waals surface area contributed by atoms with Crippen LogP contribution in [0.2, 0.25) is 0 Å². The van der Waals surface area contributed by atoms with E-state index < -0.39 is 0 Å². The number of nitrogens with zero attached hydrogens (tertiary/aromatic N) is 1. The van der Waals surface area contributed by atoms with E-state index in [0.29, 0.717) is 5.41 Å². The molecule has 0 aromatic heterocycles. The Bertz CT molecular complexity index is 136. The molecule has 0 saturated carbocycles. The number of hydrogen-bond acceptors (Lipinski definition) is 0. The van der Waals surface area contributed by atoms with Gasteiger partial charge in [-0.2, -0.15) is 0 Å². The maximum Gasteiger partial charge on any atom is 0.0311 e. The van der Waals surface area contributed by atoms with E-state index in [-0.39, 0.29) is 0 Å². The van der Waals surface area contributed by atoms with E-state index in [1.807, 2.05) is 12.2 Å². The van der Waals surface area contributed by atoms with E-state index in [9.17, 15) is 0 Å². The SMILES string of the molecule is C=CC[N]CCC(C)(C)CC=C. The molecular weight excluding hydrogens is 146 g/mol. The molecule has 1 nitrogen and oxygen atoms in total. The van der Waals surface area contributed by atoms with Gasteiger partial charge in [0.25, 0.3) is 0 Å². The summed E-state index contributed by atoms with van der Waals surface area (Å²) >= 11 is 0. The van der Waals surface area contributed by atoms with Gasteiger partial charge in [0, 0.05) is 13.1 Å². The van der Waals surface area contributed by atoms with Gasteiger partial charge >= 0.3 is 0 Å². The zero-order valence-electron chi connectivity index (χ0n) is 8.34. The van der Waals surface area contributed by atoms with Crippen LogP contribution in [0.4, 0.5) is 0 Å². The van der Waals surface area contributed by atoms with E-state index in [1.54, 1.807) is 0 Å². The molecule has 0 bridgehead atoms. The van der Waals surface area contributed by atoms with Crippen molar-refractivity contribution in [3.63, 3.8) is 0 Å². The monoisotopic (exact) mass is 166 g/mol. The summed E-state index contributed by atoms with van der Waals surface area (Å²) in [5.41, 5.74) is 0.354. The Hall–Kier alpha value is -0.560. The third-order valence-corrected chi connectivity index (χ3v) is 1.90. The molecule has 0 aliphatic rings. The molecule has 12 heavy (non-hydrogen) atoms. The second-order valence-electron chi connectivity index (χ2n) is 3.83. The molecule has 1 radical (unpaired) electrons. The Morgan fingerprint density at radius 1 is 1.25 bits per heavy atom. The van der Waals surface area contributed by atoms with Crippen molar-refractivity contribution in [2.45, 2.75) is 26.7 Å². The van der Waals surface area contributed by atoms with Gasteiger partial charge in [-0.3, -0.25) is 0 Å². The van der Waals surface area contributed by atoms with Crippen LogP contribution in [0.1, 0.15) is 26.7 Å². The molecule has 0 amide bonds. The van der Waals surface area contributed by atoms with Crippen molar-refractivity contribution in [2.24, 2.45) is 5.41 Å². The Kier molecular flexibility index (Phi) is 5.73. The van der Waals surface area contributed by atoms with Gasteiger partial charge < -0.3 is 0 Å². The van der Waals surface area contributed by atoms with Crippen molar-refractivity contribution in [3.05, 3.63) is 25.3 Å². The van der Waals surface area contributed by atoms with Gasteiger partial charge in [0.2, 0.25) is 0 Å². The smallest absolute Gasteiger partial charge is 0.0311 e. The Balaban J connectivity index is 3.45. The van der Waals surface area contributed by atoms with Crippen molar-refractivity contribution in [3.8, 4) is 0 Å². The van der Waals surface area contributed by atoms with E-state index in [0.717, 1.165) is 25.9 Å². The summed E-state index contributed by atoms with van der Waals surface area (Å²) in [4.78, 5) is 0. The molecule has 0 saturated heterocycles. The first kappa shape index (κ1) is 11.4. The first-order chi connectivity index (χ1) is 5.62. The van der Waals surface area contributed by atoms with Gasteiger partial charge in [-0.15, -0.1) is 13.2 Å². The highest BCUT2D eigenvalue weighted by Gasteiger charge is 2.14. The molecule has 0 spiro atoms. The molecule has 0 atom stereocenters. The van der Waals surface area contributed by atoms with Crippen LogP contribution in [0.5, 0.6) is 0 Å². The van der Waals surface area contributed by atoms with Crippen LogP contribution in [0.25, 0.3) is 0 Å². The molecule has 0 unspecified atom stereocenters. The summed E-state index contributed by atoms with van der Waals surface area (Å²) in [6.07, 6.45) is 6.01. The summed E-state index contributed by atoms with van der Waals surface area (Å²) < 4.78 is 0. The summed E-state index contributed by atoms with van der Waals surface area (Å²) in [6, 6.07) is 0. The predicted molar refractivity (Wildman–Crippen MR) is 55.3 cm³/mol. The van der Waals surface area contributed by atoms with E-state index in [2.05, 4.69) is 32.3 Å². The van der Waals surface area contributed by atoms with Crippen LogP contribution < -0.4 is 5.32 Å². The van der Waals surface area contributed by atoms with Gasteiger partial charge in [-0.1, -0.05) is 26.0 Å². The lowest BCUT2D eigenvalue weighted by Crippen LogP contribution is -2.17. The number of allylic oxidation sites excluding steroid dienone is 1. The van der Waals surface area contributed by atoms with Crippen molar-refractivity contribution < 1.29 is 0 Å². The minimum atomic E-state index is 0.354. The van der Waals surface area contributed by atoms with Crippen LogP contribution in [0, 0.1) is 5.41 Å². The van der Waals surface area contributed by atoms with Crippen LogP contribution >= 0.6 is 0 Å². The molecule has 69 valence electrons. The van der Waals surface area contributed by atoms with E-state index in [4.69, 9.17) is 0 Å². The largest absolute Gasteiger partial charge is 0.238 e. The fraction of sp³-hybridized carbons (Fsp3) is 0.636. The average molecular weight is 166 g/mol. The molecule has 0 heterocycles. The maximum atomic E-state index is 4.30. The second-order valence-corrected chi connectivity index (χ2v) is 3.83. The molecule has 1 heteroatoms. The van der Waals surface area contributed by atoms with Crippen LogP contribution in [0.3, 0.4) is 0 Å². The van der Waals surface area contributed by atoms with Crippen LogP contribution in [-0.2, 0) is 0 Å². The minimum absolute atomic E-state index is 0.354. The Morgan fingerprint density at radius 2 is 1.92 bits per heavy atom. The number of rotatable bonds is 7. The normalized spacial score (nSPS) is 11.2. The minimum Gasteiger partial charge on any atom is -0.238 e. The van der Waals surface area contributed by atoms with E-state index >= 15 is 0 Å². The van der Waals surface area contributed by atoms with Gasteiger partial charge in [0.1, 0.15) is 0 Å². The van der Waals surface area contributed by atoms with Gasteiger partial charge in [-0.05, 0) is 18.3 Å². The lowest BCUT2D eigenvalue weighted by Gasteiger charge is -2.22. The summed E-state index contributed by atoms with van der Waals surface area (Å²) in [6.45, 7) is 13.6. The Morgan fingerprint density at radius 3 is 2.42 bits per heavy atom. The zero-order valence-corrected chi connectivity index (χ0v) is 8.34. The van der Waals surface area contributed by atoms with Crippen molar-refractivity contribution in [1.29, 1.82) is 0 Å². The standard InChI is InChI=1S/C11H20N/c1-5-7-11(3,4)8-10-12-9-6-2/h5-6H,1-2,7-10H2,3-4H3. The molecule has 0 N–H and O–H groups in total. The molecule has 0 aliphatic heterocycles. The first-order valence-electron chi connectivity index (χ1n) is 4.47. The highest BCUT2D eigenvalue weighted by molar-refractivity contribution is 4.80. The molecule has 0 aromatic rings. The molecule has 0 aromatic carbocycles. The lowest BCUT2D eigenvalue weighted by atomic mass is 9.86. The zero-order chi connectivity index (χ0) is 9.45. The summed E-state index contributed by atoms with van der Waals surface area (Å²) in [5, 5.41) is 4.30. The van der Waals surface area contributed by atoms with Crippen molar-refractivity contribution >= 4 is 0 Å². The quantitative estimate of drug-likeness (QED) is 0.408.